The number of aliphatic hydroxyl groups excluding tert-OH is 1. The SMILES string of the molecule is CC(=O)OCC1=C2/C(=C\[C@]3(C)CC[C@@](O)(O3)[C@@H](C)C[C@H]2O)OC1=O. The maximum atomic E-state index is 12.1. The fraction of sp³-hybridized carbons (Fsp3) is 0.647. The lowest BCUT2D eigenvalue weighted by Gasteiger charge is -2.32. The molecule has 132 valence electrons. The molecule has 0 saturated carbocycles. The van der Waals surface area contributed by atoms with Gasteiger partial charge < -0.3 is 24.4 Å². The van der Waals surface area contributed by atoms with E-state index < -0.39 is 29.4 Å². The van der Waals surface area contributed by atoms with E-state index in [9.17, 15) is 19.8 Å². The van der Waals surface area contributed by atoms with Crippen LogP contribution in [-0.4, -0.2) is 46.3 Å². The highest BCUT2D eigenvalue weighted by molar-refractivity contribution is 5.95. The van der Waals surface area contributed by atoms with Crippen molar-refractivity contribution in [1.29, 1.82) is 0 Å². The molecule has 0 amide bonds. The first kappa shape index (κ1) is 17.1. The first-order chi connectivity index (χ1) is 11.1. The summed E-state index contributed by atoms with van der Waals surface area (Å²) < 4.78 is 16.1. The topological polar surface area (TPSA) is 102 Å². The Morgan fingerprint density at radius 1 is 1.46 bits per heavy atom. The van der Waals surface area contributed by atoms with Gasteiger partial charge in [-0.2, -0.15) is 0 Å². The number of ether oxygens (including phenoxy) is 3. The second kappa shape index (κ2) is 5.68. The van der Waals surface area contributed by atoms with Gasteiger partial charge in [0.1, 0.15) is 12.4 Å². The molecule has 1 fully saturated rings. The Labute approximate surface area is 139 Å². The van der Waals surface area contributed by atoms with Crippen LogP contribution in [0.4, 0.5) is 0 Å². The van der Waals surface area contributed by atoms with Crippen molar-refractivity contribution in [3.8, 4) is 0 Å². The van der Waals surface area contributed by atoms with E-state index >= 15 is 0 Å². The summed E-state index contributed by atoms with van der Waals surface area (Å²) in [5, 5.41) is 21.3. The van der Waals surface area contributed by atoms with E-state index in [2.05, 4.69) is 0 Å². The average Bonchev–Trinajstić information content (AvgIpc) is 2.94. The van der Waals surface area contributed by atoms with Crippen LogP contribution >= 0.6 is 0 Å². The molecular formula is C17H22O7. The van der Waals surface area contributed by atoms with Crippen molar-refractivity contribution in [2.45, 2.75) is 57.5 Å². The Morgan fingerprint density at radius 3 is 2.83 bits per heavy atom. The lowest BCUT2D eigenvalue weighted by atomic mass is 9.86. The lowest BCUT2D eigenvalue weighted by molar-refractivity contribution is -0.238. The molecule has 2 bridgehead atoms. The number of aliphatic hydroxyl groups is 2. The van der Waals surface area contributed by atoms with Crippen molar-refractivity contribution >= 4 is 11.9 Å². The van der Waals surface area contributed by atoms with E-state index in [4.69, 9.17) is 14.2 Å². The Balaban J connectivity index is 2.05. The van der Waals surface area contributed by atoms with Crippen LogP contribution < -0.4 is 0 Å². The molecule has 0 aromatic heterocycles. The minimum Gasteiger partial charge on any atom is -0.461 e. The first-order valence-corrected chi connectivity index (χ1v) is 8.06. The van der Waals surface area contributed by atoms with Crippen LogP contribution in [0.25, 0.3) is 0 Å². The maximum Gasteiger partial charge on any atom is 0.343 e. The molecule has 1 saturated heterocycles. The van der Waals surface area contributed by atoms with Crippen molar-refractivity contribution in [3.05, 3.63) is 23.0 Å². The Hall–Kier alpha value is -1.70. The van der Waals surface area contributed by atoms with Gasteiger partial charge >= 0.3 is 11.9 Å². The van der Waals surface area contributed by atoms with E-state index in [0.29, 0.717) is 18.4 Å². The van der Waals surface area contributed by atoms with Crippen LogP contribution in [0.15, 0.2) is 23.0 Å². The zero-order valence-corrected chi connectivity index (χ0v) is 14.0. The molecule has 0 spiro atoms. The number of fused-ring (bicyclic) bond motifs is 3. The van der Waals surface area contributed by atoms with Gasteiger partial charge in [0.05, 0.1) is 17.3 Å². The van der Waals surface area contributed by atoms with Crippen LogP contribution in [-0.2, 0) is 23.8 Å². The van der Waals surface area contributed by atoms with E-state index in [1.807, 2.05) is 0 Å². The molecule has 7 heteroatoms. The highest BCUT2D eigenvalue weighted by Gasteiger charge is 2.51. The van der Waals surface area contributed by atoms with Crippen molar-refractivity contribution in [3.63, 3.8) is 0 Å². The third-order valence-electron chi connectivity index (χ3n) is 4.97. The van der Waals surface area contributed by atoms with Gasteiger partial charge in [0, 0.05) is 24.8 Å². The molecule has 3 heterocycles. The summed E-state index contributed by atoms with van der Waals surface area (Å²) in [6, 6.07) is 0. The first-order valence-electron chi connectivity index (χ1n) is 8.06. The zero-order valence-electron chi connectivity index (χ0n) is 14.0. The number of carbonyl (C=O) groups excluding carboxylic acids is 2. The summed E-state index contributed by atoms with van der Waals surface area (Å²) in [6.45, 7) is 4.59. The van der Waals surface area contributed by atoms with Crippen molar-refractivity contribution < 1.29 is 34.0 Å². The second-order valence-electron chi connectivity index (χ2n) is 6.98. The van der Waals surface area contributed by atoms with Crippen LogP contribution in [0.3, 0.4) is 0 Å². The maximum absolute atomic E-state index is 12.1. The van der Waals surface area contributed by atoms with Crippen LogP contribution in [0, 0.1) is 5.92 Å². The Bertz CT molecular complexity index is 649. The van der Waals surface area contributed by atoms with Gasteiger partial charge in [-0.05, 0) is 25.8 Å². The zero-order chi connectivity index (χ0) is 17.7. The lowest BCUT2D eigenvalue weighted by Crippen LogP contribution is -2.39. The smallest absolute Gasteiger partial charge is 0.343 e. The molecule has 0 aromatic rings. The van der Waals surface area contributed by atoms with Gasteiger partial charge in [-0.15, -0.1) is 0 Å². The highest BCUT2D eigenvalue weighted by atomic mass is 16.6. The van der Waals surface area contributed by atoms with E-state index in [-0.39, 0.29) is 30.3 Å². The molecule has 0 aliphatic carbocycles. The van der Waals surface area contributed by atoms with Gasteiger partial charge in [-0.1, -0.05) is 6.92 Å². The molecule has 3 aliphatic heterocycles. The molecular weight excluding hydrogens is 316 g/mol. The molecule has 7 nitrogen and oxygen atoms in total. The number of carbonyl (C=O) groups is 2. The normalized spacial score (nSPS) is 40.9. The molecule has 0 unspecified atom stereocenters. The largest absolute Gasteiger partial charge is 0.461 e. The summed E-state index contributed by atoms with van der Waals surface area (Å²) in [6.07, 6.45) is 1.80. The van der Waals surface area contributed by atoms with Crippen LogP contribution in [0.5, 0.6) is 0 Å². The van der Waals surface area contributed by atoms with E-state index in [1.54, 1.807) is 19.9 Å². The summed E-state index contributed by atoms with van der Waals surface area (Å²) in [5.41, 5.74) is -0.358. The molecule has 3 aliphatic rings. The second-order valence-corrected chi connectivity index (χ2v) is 6.98. The number of esters is 2. The predicted octanol–water partition coefficient (Wildman–Crippen LogP) is 0.945. The molecule has 24 heavy (non-hydrogen) atoms. The van der Waals surface area contributed by atoms with Gasteiger partial charge in [0.25, 0.3) is 0 Å². The quantitative estimate of drug-likeness (QED) is 0.723. The summed E-state index contributed by atoms with van der Waals surface area (Å²) in [5.74, 6) is -2.62. The summed E-state index contributed by atoms with van der Waals surface area (Å²) in [4.78, 5) is 23.2. The standard InChI is InChI=1S/C17H22O7/c1-9-6-12(19)14-11(8-22-10(2)18)15(20)23-13(14)7-16(3)4-5-17(9,21)24-16/h7,9,12,19,21H,4-6,8H2,1-3H3/b13-7+/t9-,12+,16-,17+/m0/s1. The molecule has 0 radical (unpaired) electrons. The van der Waals surface area contributed by atoms with Crippen LogP contribution in [0.2, 0.25) is 0 Å². The van der Waals surface area contributed by atoms with Gasteiger partial charge in [0.2, 0.25) is 0 Å². The molecule has 2 N–H and O–H groups in total. The summed E-state index contributed by atoms with van der Waals surface area (Å²) in [7, 11) is 0. The predicted molar refractivity (Wildman–Crippen MR) is 81.3 cm³/mol. The average molecular weight is 338 g/mol. The molecule has 3 rings (SSSR count). The fourth-order valence-electron chi connectivity index (χ4n) is 3.55. The molecule has 0 aromatic carbocycles. The number of rotatable bonds is 2. The highest BCUT2D eigenvalue weighted by Crippen LogP contribution is 2.47. The number of hydrogen-bond acceptors (Lipinski definition) is 7. The fourth-order valence-corrected chi connectivity index (χ4v) is 3.55. The van der Waals surface area contributed by atoms with Gasteiger partial charge in [-0.25, -0.2) is 4.79 Å². The van der Waals surface area contributed by atoms with E-state index in [1.165, 1.54) is 6.92 Å². The molecule has 4 atom stereocenters. The minimum absolute atomic E-state index is 0.129. The van der Waals surface area contributed by atoms with Gasteiger partial charge in [0.15, 0.2) is 5.79 Å². The Morgan fingerprint density at radius 2 is 2.17 bits per heavy atom. The third-order valence-corrected chi connectivity index (χ3v) is 4.97. The third kappa shape index (κ3) is 2.87. The van der Waals surface area contributed by atoms with E-state index in [0.717, 1.165) is 0 Å². The minimum atomic E-state index is -1.33. The monoisotopic (exact) mass is 338 g/mol. The van der Waals surface area contributed by atoms with Gasteiger partial charge in [-0.3, -0.25) is 4.79 Å². The number of hydrogen-bond donors (Lipinski definition) is 2. The Kier molecular flexibility index (Phi) is 4.06. The van der Waals surface area contributed by atoms with Crippen molar-refractivity contribution in [2.75, 3.05) is 6.61 Å². The van der Waals surface area contributed by atoms with Crippen LogP contribution in [0.1, 0.15) is 40.0 Å². The van der Waals surface area contributed by atoms with Crippen molar-refractivity contribution in [2.24, 2.45) is 5.92 Å². The summed E-state index contributed by atoms with van der Waals surface area (Å²) >= 11 is 0. The van der Waals surface area contributed by atoms with Crippen molar-refractivity contribution in [1.82, 2.24) is 0 Å².